The van der Waals surface area contributed by atoms with Crippen LogP contribution in [0.4, 0.5) is 10.5 Å². The first-order valence-corrected chi connectivity index (χ1v) is 8.68. The number of carbonyl (C=O) groups excluding carboxylic acids is 1. The smallest absolute Gasteiger partial charge is 0.321 e. The molecule has 1 aliphatic heterocycles. The van der Waals surface area contributed by atoms with Gasteiger partial charge in [-0.3, -0.25) is 0 Å². The number of rotatable bonds is 3. The number of halogens is 1. The molecule has 1 fully saturated rings. The summed E-state index contributed by atoms with van der Waals surface area (Å²) in [5.74, 6) is 0. The van der Waals surface area contributed by atoms with Gasteiger partial charge in [0.1, 0.15) is 6.10 Å². The Morgan fingerprint density at radius 2 is 2.04 bits per heavy atom. The molecule has 0 saturated carbocycles. The number of nitrogens with one attached hydrogen (secondary N) is 1. The van der Waals surface area contributed by atoms with Crippen LogP contribution in [0.1, 0.15) is 24.2 Å². The van der Waals surface area contributed by atoms with Crippen LogP contribution in [0.3, 0.4) is 0 Å². The van der Waals surface area contributed by atoms with Gasteiger partial charge >= 0.3 is 12.0 Å². The van der Waals surface area contributed by atoms with Crippen LogP contribution in [0.5, 0.6) is 6.01 Å². The Balaban J connectivity index is 1.61. The van der Waals surface area contributed by atoms with Gasteiger partial charge in [-0.05, 0) is 51.0 Å². The van der Waals surface area contributed by atoms with Crippen molar-refractivity contribution >= 4 is 23.3 Å². The molecule has 2 aromatic rings. The zero-order valence-electron chi connectivity index (χ0n) is 14.3. The molecule has 1 aromatic heterocycles. The second-order valence-corrected chi connectivity index (χ2v) is 6.64. The van der Waals surface area contributed by atoms with Gasteiger partial charge in [-0.25, -0.2) is 14.8 Å². The molecule has 0 spiro atoms. The van der Waals surface area contributed by atoms with E-state index in [9.17, 15) is 4.79 Å². The standard InChI is InChI=1S/C18H21ClN4O2/c1-12-9-13(2)21-17(20-12)25-16-7-4-8-23(11-16)18(24)22-15-6-3-5-14(19)10-15/h3,5-6,9-10,16H,4,7-8,11H2,1-2H3,(H,22,24)/t16-/m1/s1. The van der Waals surface area contributed by atoms with Crippen LogP contribution in [-0.4, -0.2) is 40.1 Å². The van der Waals surface area contributed by atoms with Crippen molar-refractivity contribution in [1.29, 1.82) is 0 Å². The molecule has 1 N–H and O–H groups in total. The summed E-state index contributed by atoms with van der Waals surface area (Å²) in [6, 6.07) is 9.23. The summed E-state index contributed by atoms with van der Waals surface area (Å²) in [5.41, 5.74) is 2.42. The fourth-order valence-electron chi connectivity index (χ4n) is 2.88. The third-order valence-corrected chi connectivity index (χ3v) is 4.21. The minimum Gasteiger partial charge on any atom is -0.458 e. The molecule has 6 nitrogen and oxygen atoms in total. The van der Waals surface area contributed by atoms with Gasteiger partial charge in [-0.2, -0.15) is 0 Å². The lowest BCUT2D eigenvalue weighted by Gasteiger charge is -2.32. The number of amides is 2. The van der Waals surface area contributed by atoms with Crippen LogP contribution < -0.4 is 10.1 Å². The summed E-state index contributed by atoms with van der Waals surface area (Å²) in [4.78, 5) is 22.8. The number of urea groups is 1. The third-order valence-electron chi connectivity index (χ3n) is 3.98. The number of hydrogen-bond acceptors (Lipinski definition) is 4. The van der Waals surface area contributed by atoms with Crippen molar-refractivity contribution in [2.45, 2.75) is 32.8 Å². The average Bonchev–Trinajstić information content (AvgIpc) is 2.54. The van der Waals surface area contributed by atoms with E-state index >= 15 is 0 Å². The van der Waals surface area contributed by atoms with E-state index in [-0.39, 0.29) is 12.1 Å². The molecule has 3 rings (SSSR count). The molecule has 2 amide bonds. The Bertz CT molecular complexity index is 748. The van der Waals surface area contributed by atoms with E-state index in [0.717, 1.165) is 24.2 Å². The molecular weight excluding hydrogens is 340 g/mol. The van der Waals surface area contributed by atoms with Gasteiger partial charge in [0.25, 0.3) is 0 Å². The fraction of sp³-hybridized carbons (Fsp3) is 0.389. The molecule has 2 heterocycles. The van der Waals surface area contributed by atoms with Crippen molar-refractivity contribution in [2.75, 3.05) is 18.4 Å². The van der Waals surface area contributed by atoms with E-state index in [1.54, 1.807) is 23.1 Å². The Kier molecular flexibility index (Phi) is 5.38. The highest BCUT2D eigenvalue weighted by molar-refractivity contribution is 6.30. The van der Waals surface area contributed by atoms with E-state index in [2.05, 4.69) is 15.3 Å². The minimum atomic E-state index is -0.156. The average molecular weight is 361 g/mol. The van der Waals surface area contributed by atoms with Crippen LogP contribution >= 0.6 is 11.6 Å². The molecule has 1 saturated heterocycles. The maximum absolute atomic E-state index is 12.5. The van der Waals surface area contributed by atoms with Crippen LogP contribution in [-0.2, 0) is 0 Å². The van der Waals surface area contributed by atoms with Crippen molar-refractivity contribution in [3.8, 4) is 6.01 Å². The van der Waals surface area contributed by atoms with Crippen molar-refractivity contribution in [2.24, 2.45) is 0 Å². The largest absolute Gasteiger partial charge is 0.458 e. The van der Waals surface area contributed by atoms with Crippen molar-refractivity contribution in [3.05, 3.63) is 46.7 Å². The zero-order valence-corrected chi connectivity index (χ0v) is 15.1. The number of anilines is 1. The molecule has 0 aliphatic carbocycles. The summed E-state index contributed by atoms with van der Waals surface area (Å²) in [5, 5.41) is 3.46. The number of nitrogens with zero attached hydrogens (tertiary/aromatic N) is 3. The van der Waals surface area contributed by atoms with Crippen LogP contribution in [0, 0.1) is 13.8 Å². The molecule has 0 radical (unpaired) electrons. The summed E-state index contributed by atoms with van der Waals surface area (Å²) < 4.78 is 5.90. The first kappa shape index (κ1) is 17.5. The van der Waals surface area contributed by atoms with Gasteiger partial charge in [-0.1, -0.05) is 17.7 Å². The maximum atomic E-state index is 12.5. The Labute approximate surface area is 152 Å². The molecule has 7 heteroatoms. The highest BCUT2D eigenvalue weighted by atomic mass is 35.5. The number of hydrogen-bond donors (Lipinski definition) is 1. The molecule has 0 bridgehead atoms. The van der Waals surface area contributed by atoms with E-state index < -0.39 is 0 Å². The number of likely N-dealkylation sites (tertiary alicyclic amines) is 1. The predicted octanol–water partition coefficient (Wildman–Crippen LogP) is 3.82. The topological polar surface area (TPSA) is 67.3 Å². The normalized spacial score (nSPS) is 17.2. The molecule has 0 unspecified atom stereocenters. The number of carbonyl (C=O) groups is 1. The third kappa shape index (κ3) is 4.82. The molecule has 25 heavy (non-hydrogen) atoms. The van der Waals surface area contributed by atoms with Gasteiger partial charge in [0.2, 0.25) is 0 Å². The predicted molar refractivity (Wildman–Crippen MR) is 97.2 cm³/mol. The van der Waals surface area contributed by atoms with E-state index in [1.807, 2.05) is 26.0 Å². The first-order valence-electron chi connectivity index (χ1n) is 8.30. The Morgan fingerprint density at radius 3 is 2.76 bits per heavy atom. The van der Waals surface area contributed by atoms with Gasteiger partial charge < -0.3 is 15.0 Å². The highest BCUT2D eigenvalue weighted by Gasteiger charge is 2.25. The number of benzene rings is 1. The van der Waals surface area contributed by atoms with Crippen molar-refractivity contribution in [1.82, 2.24) is 14.9 Å². The maximum Gasteiger partial charge on any atom is 0.321 e. The highest BCUT2D eigenvalue weighted by Crippen LogP contribution is 2.19. The molecule has 1 atom stereocenters. The van der Waals surface area contributed by atoms with Gasteiger partial charge in [-0.15, -0.1) is 0 Å². The lowest BCUT2D eigenvalue weighted by molar-refractivity contribution is 0.0980. The van der Waals surface area contributed by atoms with E-state index in [4.69, 9.17) is 16.3 Å². The molecule has 1 aromatic carbocycles. The lowest BCUT2D eigenvalue weighted by Crippen LogP contribution is -2.46. The zero-order chi connectivity index (χ0) is 17.8. The van der Waals surface area contributed by atoms with Crippen molar-refractivity contribution in [3.63, 3.8) is 0 Å². The van der Waals surface area contributed by atoms with Gasteiger partial charge in [0, 0.05) is 28.6 Å². The number of aryl methyl sites for hydroxylation is 2. The first-order chi connectivity index (χ1) is 12.0. The second-order valence-electron chi connectivity index (χ2n) is 6.20. The number of aromatic nitrogens is 2. The SMILES string of the molecule is Cc1cc(C)nc(O[C@@H]2CCCN(C(=O)Nc3cccc(Cl)c3)C2)n1. The Hall–Kier alpha value is -2.34. The quantitative estimate of drug-likeness (QED) is 0.903. The lowest BCUT2D eigenvalue weighted by atomic mass is 10.1. The van der Waals surface area contributed by atoms with Crippen molar-refractivity contribution < 1.29 is 9.53 Å². The second kappa shape index (κ2) is 7.70. The van der Waals surface area contributed by atoms with Gasteiger partial charge in [0.05, 0.1) is 6.54 Å². The number of piperidine rings is 1. The van der Waals surface area contributed by atoms with Crippen LogP contribution in [0.2, 0.25) is 5.02 Å². The van der Waals surface area contributed by atoms with Crippen LogP contribution in [0.15, 0.2) is 30.3 Å². The summed E-state index contributed by atoms with van der Waals surface area (Å²) >= 11 is 5.95. The fourth-order valence-corrected chi connectivity index (χ4v) is 3.07. The molecular formula is C18H21ClN4O2. The minimum absolute atomic E-state index is 0.111. The summed E-state index contributed by atoms with van der Waals surface area (Å²) in [7, 11) is 0. The van der Waals surface area contributed by atoms with E-state index in [0.29, 0.717) is 29.8 Å². The monoisotopic (exact) mass is 360 g/mol. The summed E-state index contributed by atoms with van der Waals surface area (Å²) in [6.07, 6.45) is 1.63. The van der Waals surface area contributed by atoms with E-state index in [1.165, 1.54) is 0 Å². The molecule has 1 aliphatic rings. The number of ether oxygens (including phenoxy) is 1. The molecule has 132 valence electrons. The van der Waals surface area contributed by atoms with Gasteiger partial charge in [0.15, 0.2) is 0 Å². The Morgan fingerprint density at radius 1 is 1.28 bits per heavy atom. The summed E-state index contributed by atoms with van der Waals surface area (Å²) in [6.45, 7) is 5.02. The van der Waals surface area contributed by atoms with Crippen LogP contribution in [0.25, 0.3) is 0 Å².